The van der Waals surface area contributed by atoms with Crippen LogP contribution in [0.5, 0.6) is 0 Å². The third kappa shape index (κ3) is 3.33. The Kier molecular flexibility index (Phi) is 4.25. The highest BCUT2D eigenvalue weighted by molar-refractivity contribution is 7.89. The van der Waals surface area contributed by atoms with Crippen molar-refractivity contribution in [3.05, 3.63) is 29.8 Å². The van der Waals surface area contributed by atoms with Gasteiger partial charge in [-0.1, -0.05) is 12.1 Å². The normalized spacial score (nSPS) is 21.2. The summed E-state index contributed by atoms with van der Waals surface area (Å²) >= 11 is 0. The van der Waals surface area contributed by atoms with Gasteiger partial charge in [-0.05, 0) is 24.1 Å². The number of aliphatic hydroxyl groups is 1. The molecule has 106 valence electrons. The Morgan fingerprint density at radius 3 is 2.74 bits per heavy atom. The third-order valence-corrected chi connectivity index (χ3v) is 5.14. The van der Waals surface area contributed by atoms with Crippen molar-refractivity contribution in [2.75, 3.05) is 27.2 Å². The minimum absolute atomic E-state index is 0.256. The van der Waals surface area contributed by atoms with Crippen LogP contribution in [-0.2, 0) is 16.6 Å². The summed E-state index contributed by atoms with van der Waals surface area (Å²) in [5.74, 6) is 0. The van der Waals surface area contributed by atoms with Crippen LogP contribution in [0, 0.1) is 0 Å². The maximum Gasteiger partial charge on any atom is 0.242 e. The van der Waals surface area contributed by atoms with Gasteiger partial charge >= 0.3 is 0 Å². The number of β-amino-alcohol motifs (C(OH)–C–C–N with tert-alkyl or cyclic N) is 1. The van der Waals surface area contributed by atoms with Crippen molar-refractivity contribution in [3.8, 4) is 0 Å². The lowest BCUT2D eigenvalue weighted by atomic mass is 10.2. The second-order valence-electron chi connectivity index (χ2n) is 5.11. The van der Waals surface area contributed by atoms with Gasteiger partial charge in [-0.25, -0.2) is 12.7 Å². The molecule has 0 bridgehead atoms. The molecule has 0 radical (unpaired) electrons. The van der Waals surface area contributed by atoms with Crippen LogP contribution in [0.1, 0.15) is 12.0 Å². The van der Waals surface area contributed by atoms with E-state index in [0.717, 1.165) is 18.5 Å². The molecule has 1 N–H and O–H groups in total. The highest BCUT2D eigenvalue weighted by atomic mass is 32.2. The fourth-order valence-corrected chi connectivity index (χ4v) is 3.20. The molecular formula is C13H20N2O3S. The van der Waals surface area contributed by atoms with E-state index in [4.69, 9.17) is 0 Å². The van der Waals surface area contributed by atoms with Crippen LogP contribution in [0.25, 0.3) is 0 Å². The monoisotopic (exact) mass is 284 g/mol. The summed E-state index contributed by atoms with van der Waals surface area (Å²) < 4.78 is 25.3. The number of benzene rings is 1. The fourth-order valence-electron chi connectivity index (χ4n) is 2.23. The van der Waals surface area contributed by atoms with E-state index < -0.39 is 10.0 Å². The molecule has 0 spiro atoms. The lowest BCUT2D eigenvalue weighted by Gasteiger charge is -2.16. The van der Waals surface area contributed by atoms with E-state index >= 15 is 0 Å². The first-order valence-electron chi connectivity index (χ1n) is 6.31. The molecule has 1 aromatic carbocycles. The number of hydrogen-bond acceptors (Lipinski definition) is 4. The second kappa shape index (κ2) is 5.58. The van der Waals surface area contributed by atoms with Gasteiger partial charge in [-0.2, -0.15) is 0 Å². The van der Waals surface area contributed by atoms with Crippen LogP contribution in [0.3, 0.4) is 0 Å². The van der Waals surface area contributed by atoms with Crippen molar-refractivity contribution in [1.29, 1.82) is 0 Å². The summed E-state index contributed by atoms with van der Waals surface area (Å²) in [6, 6.07) is 7.00. The smallest absolute Gasteiger partial charge is 0.242 e. The minimum Gasteiger partial charge on any atom is -0.392 e. The van der Waals surface area contributed by atoms with E-state index in [1.807, 2.05) is 6.07 Å². The highest BCUT2D eigenvalue weighted by Gasteiger charge is 2.21. The van der Waals surface area contributed by atoms with Gasteiger partial charge in [-0.3, -0.25) is 4.90 Å². The average molecular weight is 284 g/mol. The van der Waals surface area contributed by atoms with E-state index in [2.05, 4.69) is 4.90 Å². The maximum absolute atomic E-state index is 12.0. The van der Waals surface area contributed by atoms with Crippen molar-refractivity contribution in [3.63, 3.8) is 0 Å². The molecule has 1 saturated heterocycles. The predicted molar refractivity (Wildman–Crippen MR) is 73.2 cm³/mol. The number of nitrogens with zero attached hydrogens (tertiary/aromatic N) is 2. The van der Waals surface area contributed by atoms with E-state index in [0.29, 0.717) is 18.0 Å². The Labute approximate surface area is 114 Å². The van der Waals surface area contributed by atoms with Gasteiger partial charge in [0.25, 0.3) is 0 Å². The first-order chi connectivity index (χ1) is 8.89. The first kappa shape index (κ1) is 14.5. The molecule has 1 aliphatic rings. The summed E-state index contributed by atoms with van der Waals surface area (Å²) in [6.07, 6.45) is 0.532. The first-order valence-corrected chi connectivity index (χ1v) is 7.75. The van der Waals surface area contributed by atoms with Crippen LogP contribution < -0.4 is 0 Å². The molecule has 1 aromatic rings. The highest BCUT2D eigenvalue weighted by Crippen LogP contribution is 2.18. The van der Waals surface area contributed by atoms with Gasteiger partial charge in [-0.15, -0.1) is 0 Å². The third-order valence-electron chi connectivity index (χ3n) is 3.33. The Morgan fingerprint density at radius 2 is 2.16 bits per heavy atom. The standard InChI is InChI=1S/C13H20N2O3S/c1-14(2)19(17,18)13-5-3-4-11(8-13)9-15-7-6-12(16)10-15/h3-5,8,12,16H,6-7,9-10H2,1-2H3/t12-/m0/s1. The van der Waals surface area contributed by atoms with Crippen LogP contribution >= 0.6 is 0 Å². The van der Waals surface area contributed by atoms with Crippen LogP contribution in [0.4, 0.5) is 0 Å². The van der Waals surface area contributed by atoms with Gasteiger partial charge < -0.3 is 5.11 Å². The molecule has 0 unspecified atom stereocenters. The number of sulfonamides is 1. The van der Waals surface area contributed by atoms with Gasteiger partial charge in [0.1, 0.15) is 0 Å². The Bertz CT molecular complexity index is 543. The minimum atomic E-state index is -3.38. The summed E-state index contributed by atoms with van der Waals surface area (Å²) in [5, 5.41) is 9.49. The van der Waals surface area contributed by atoms with Gasteiger partial charge in [0, 0.05) is 33.7 Å². The molecule has 0 aromatic heterocycles. The van der Waals surface area contributed by atoms with Crippen LogP contribution in [0.15, 0.2) is 29.2 Å². The predicted octanol–water partition coefficient (Wildman–Crippen LogP) is 0.503. The van der Waals surface area contributed by atoms with Crippen molar-refractivity contribution < 1.29 is 13.5 Å². The maximum atomic E-state index is 12.0. The second-order valence-corrected chi connectivity index (χ2v) is 7.26. The van der Waals surface area contributed by atoms with Gasteiger partial charge in [0.05, 0.1) is 11.0 Å². The summed E-state index contributed by atoms with van der Waals surface area (Å²) in [4.78, 5) is 2.45. The molecule has 1 fully saturated rings. The quantitative estimate of drug-likeness (QED) is 0.875. The number of hydrogen-bond donors (Lipinski definition) is 1. The van der Waals surface area contributed by atoms with Crippen molar-refractivity contribution in [2.45, 2.75) is 24.0 Å². The molecule has 1 atom stereocenters. The number of likely N-dealkylation sites (tertiary alicyclic amines) is 1. The average Bonchev–Trinajstić information content (AvgIpc) is 2.75. The largest absolute Gasteiger partial charge is 0.392 e. The summed E-state index contributed by atoms with van der Waals surface area (Å²) in [7, 11) is -0.325. The molecule has 19 heavy (non-hydrogen) atoms. The molecular weight excluding hydrogens is 264 g/mol. The summed E-state index contributed by atoms with van der Waals surface area (Å²) in [5.41, 5.74) is 0.956. The lowest BCUT2D eigenvalue weighted by Crippen LogP contribution is -2.23. The molecule has 1 heterocycles. The van der Waals surface area contributed by atoms with E-state index in [9.17, 15) is 13.5 Å². The molecule has 0 amide bonds. The zero-order valence-electron chi connectivity index (χ0n) is 11.3. The lowest BCUT2D eigenvalue weighted by molar-refractivity contribution is 0.175. The van der Waals surface area contributed by atoms with Crippen LogP contribution in [-0.4, -0.2) is 56.0 Å². The van der Waals surface area contributed by atoms with Crippen molar-refractivity contribution >= 4 is 10.0 Å². The Morgan fingerprint density at radius 1 is 1.42 bits per heavy atom. The zero-order valence-corrected chi connectivity index (χ0v) is 12.1. The molecule has 0 aliphatic carbocycles. The van der Waals surface area contributed by atoms with Crippen LogP contribution in [0.2, 0.25) is 0 Å². The summed E-state index contributed by atoms with van der Waals surface area (Å²) in [6.45, 7) is 2.18. The molecule has 0 saturated carbocycles. The number of rotatable bonds is 4. The SMILES string of the molecule is CN(C)S(=O)(=O)c1cccc(CN2CC[C@H](O)C2)c1. The van der Waals surface area contributed by atoms with Crippen molar-refractivity contribution in [2.24, 2.45) is 0 Å². The topological polar surface area (TPSA) is 60.9 Å². The Balaban J connectivity index is 2.16. The fraction of sp³-hybridized carbons (Fsp3) is 0.538. The zero-order chi connectivity index (χ0) is 14.0. The molecule has 6 heteroatoms. The molecule has 5 nitrogen and oxygen atoms in total. The molecule has 1 aliphatic heterocycles. The van der Waals surface area contributed by atoms with Gasteiger partial charge in [0.2, 0.25) is 10.0 Å². The molecule has 2 rings (SSSR count). The number of aliphatic hydroxyl groups excluding tert-OH is 1. The van der Waals surface area contributed by atoms with E-state index in [1.54, 1.807) is 18.2 Å². The Hall–Kier alpha value is -0.950. The van der Waals surface area contributed by atoms with E-state index in [-0.39, 0.29) is 6.10 Å². The van der Waals surface area contributed by atoms with E-state index in [1.165, 1.54) is 18.4 Å². The van der Waals surface area contributed by atoms with Gasteiger partial charge in [0.15, 0.2) is 0 Å². The van der Waals surface area contributed by atoms with Crippen molar-refractivity contribution in [1.82, 2.24) is 9.21 Å².